The summed E-state index contributed by atoms with van der Waals surface area (Å²) in [5, 5.41) is 4.13. The first kappa shape index (κ1) is 25.2. The molecule has 178 valence electrons. The molecule has 0 radical (unpaired) electrons. The van der Waals surface area contributed by atoms with Crippen molar-refractivity contribution in [1.82, 2.24) is 5.43 Å². The molecule has 0 saturated heterocycles. The van der Waals surface area contributed by atoms with E-state index in [9.17, 15) is 30.8 Å². The first-order valence-corrected chi connectivity index (χ1v) is 11.2. The van der Waals surface area contributed by atoms with Gasteiger partial charge in [-0.05, 0) is 60.2 Å². The second-order valence-corrected chi connectivity index (χ2v) is 8.82. The van der Waals surface area contributed by atoms with Crippen molar-refractivity contribution in [2.45, 2.75) is 17.5 Å². The second-order valence-electron chi connectivity index (χ2n) is 6.84. The van der Waals surface area contributed by atoms with E-state index in [0.717, 1.165) is 36.5 Å². The monoisotopic (exact) mass is 514 g/mol. The molecule has 3 aromatic carbocycles. The number of carbonyl (C=O) groups is 1. The predicted octanol–water partition coefficient (Wildman–Crippen LogP) is 4.96. The predicted molar refractivity (Wildman–Crippen MR) is 117 cm³/mol. The first-order chi connectivity index (χ1) is 15.9. The third kappa shape index (κ3) is 6.78. The molecule has 1 amide bonds. The summed E-state index contributed by atoms with van der Waals surface area (Å²) in [5.74, 6) is -1.62. The Morgan fingerprint density at radius 3 is 2.41 bits per heavy atom. The van der Waals surface area contributed by atoms with Crippen molar-refractivity contribution >= 4 is 33.8 Å². The van der Waals surface area contributed by atoms with Crippen LogP contribution in [0.3, 0.4) is 0 Å². The van der Waals surface area contributed by atoms with Crippen LogP contribution in [0, 0.1) is 5.82 Å². The molecule has 0 saturated carbocycles. The molecule has 0 fully saturated rings. The van der Waals surface area contributed by atoms with Gasteiger partial charge in [-0.2, -0.15) is 26.7 Å². The summed E-state index contributed by atoms with van der Waals surface area (Å²) in [6, 6.07) is 12.1. The Morgan fingerprint density at radius 2 is 1.76 bits per heavy atom. The molecule has 0 aliphatic carbocycles. The normalized spacial score (nSPS) is 12.0. The number of hydrogen-bond acceptors (Lipinski definition) is 5. The fourth-order valence-corrected chi connectivity index (χ4v) is 3.89. The fraction of sp³-hybridized carbons (Fsp3) is 0.0909. The van der Waals surface area contributed by atoms with Gasteiger partial charge in [-0.1, -0.05) is 23.7 Å². The van der Waals surface area contributed by atoms with Crippen LogP contribution in [0.2, 0.25) is 5.02 Å². The van der Waals surface area contributed by atoms with Gasteiger partial charge in [-0.15, -0.1) is 0 Å². The molecule has 0 atom stereocenters. The molecule has 6 nitrogen and oxygen atoms in total. The van der Waals surface area contributed by atoms with Gasteiger partial charge in [0.1, 0.15) is 10.7 Å². The van der Waals surface area contributed by atoms with Crippen molar-refractivity contribution in [2.75, 3.05) is 0 Å². The number of nitrogens with zero attached hydrogens (tertiary/aromatic N) is 1. The quantitative estimate of drug-likeness (QED) is 0.209. The lowest BCUT2D eigenvalue weighted by molar-refractivity contribution is -0.137. The molecule has 0 bridgehead atoms. The van der Waals surface area contributed by atoms with Gasteiger partial charge < -0.3 is 4.18 Å². The van der Waals surface area contributed by atoms with Crippen LogP contribution in [-0.2, 0) is 27.5 Å². The van der Waals surface area contributed by atoms with E-state index < -0.39 is 38.5 Å². The highest BCUT2D eigenvalue weighted by molar-refractivity contribution is 7.87. The van der Waals surface area contributed by atoms with Crippen molar-refractivity contribution in [3.63, 3.8) is 0 Å². The molecule has 0 spiro atoms. The van der Waals surface area contributed by atoms with Crippen LogP contribution in [0.4, 0.5) is 17.6 Å². The topological polar surface area (TPSA) is 84.8 Å². The van der Waals surface area contributed by atoms with Gasteiger partial charge in [0, 0.05) is 10.6 Å². The van der Waals surface area contributed by atoms with E-state index in [1.54, 1.807) is 24.3 Å². The van der Waals surface area contributed by atoms with Crippen LogP contribution in [-0.4, -0.2) is 20.5 Å². The van der Waals surface area contributed by atoms with Gasteiger partial charge in [0.15, 0.2) is 5.75 Å². The van der Waals surface area contributed by atoms with Crippen LogP contribution in [0.15, 0.2) is 76.7 Å². The number of hydrazone groups is 1. The van der Waals surface area contributed by atoms with Gasteiger partial charge in [-0.3, -0.25) is 4.79 Å². The van der Waals surface area contributed by atoms with Crippen molar-refractivity contribution in [3.05, 3.63) is 94.3 Å². The van der Waals surface area contributed by atoms with E-state index in [4.69, 9.17) is 15.8 Å². The third-order valence-electron chi connectivity index (χ3n) is 4.29. The number of carbonyl (C=O) groups excluding carboxylic acids is 1. The maximum Gasteiger partial charge on any atom is 0.416 e. The van der Waals surface area contributed by atoms with Crippen molar-refractivity contribution < 1.29 is 35.0 Å². The number of benzene rings is 3. The van der Waals surface area contributed by atoms with Crippen molar-refractivity contribution in [2.24, 2.45) is 5.10 Å². The number of rotatable bonds is 7. The number of amides is 1. The summed E-state index contributed by atoms with van der Waals surface area (Å²) in [5.41, 5.74) is 1.66. The Kier molecular flexibility index (Phi) is 7.57. The zero-order valence-electron chi connectivity index (χ0n) is 17.0. The Labute approximate surface area is 196 Å². The molecule has 3 rings (SSSR count). The van der Waals surface area contributed by atoms with Crippen LogP contribution in [0.1, 0.15) is 16.7 Å². The van der Waals surface area contributed by atoms with E-state index in [0.29, 0.717) is 22.7 Å². The second kappa shape index (κ2) is 10.2. The van der Waals surface area contributed by atoms with E-state index in [2.05, 4.69) is 10.5 Å². The molecular formula is C22H15ClF4N2O4S. The van der Waals surface area contributed by atoms with Crippen LogP contribution in [0.5, 0.6) is 5.75 Å². The molecule has 34 heavy (non-hydrogen) atoms. The minimum Gasteiger partial charge on any atom is -0.378 e. The summed E-state index contributed by atoms with van der Waals surface area (Å²) in [7, 11) is -4.55. The van der Waals surface area contributed by atoms with Gasteiger partial charge in [-0.25, -0.2) is 9.82 Å². The van der Waals surface area contributed by atoms with Gasteiger partial charge >= 0.3 is 16.3 Å². The first-order valence-electron chi connectivity index (χ1n) is 9.42. The van der Waals surface area contributed by atoms with Crippen molar-refractivity contribution in [3.8, 4) is 5.75 Å². The standard InChI is InChI=1S/C22H15ClF4N2O4S/c23-17-3-1-2-14(10-17)11-21(30)29-28-13-15-12-18(24)6-9-20(15)33-34(31,32)19-7-4-16(5-8-19)22(25,26)27/h1-10,12-13H,11H2,(H,29,30). The molecule has 0 heterocycles. The molecule has 12 heteroatoms. The average molecular weight is 515 g/mol. The Bertz CT molecular complexity index is 1330. The smallest absolute Gasteiger partial charge is 0.378 e. The number of nitrogens with one attached hydrogen (secondary N) is 1. The van der Waals surface area contributed by atoms with Crippen LogP contribution >= 0.6 is 11.6 Å². The van der Waals surface area contributed by atoms with E-state index in [1.165, 1.54) is 0 Å². The van der Waals surface area contributed by atoms with Gasteiger partial charge in [0.05, 0.1) is 18.2 Å². The summed E-state index contributed by atoms with van der Waals surface area (Å²) < 4.78 is 81.8. The summed E-state index contributed by atoms with van der Waals surface area (Å²) in [6.07, 6.45) is -3.72. The van der Waals surface area contributed by atoms with Gasteiger partial charge in [0.2, 0.25) is 5.91 Å². The van der Waals surface area contributed by atoms with E-state index in [-0.39, 0.29) is 17.7 Å². The largest absolute Gasteiger partial charge is 0.416 e. The molecule has 0 aliphatic rings. The number of alkyl halides is 3. The molecule has 0 aromatic heterocycles. The number of hydrogen-bond donors (Lipinski definition) is 1. The minimum absolute atomic E-state index is 0.0489. The van der Waals surface area contributed by atoms with Crippen LogP contribution in [0.25, 0.3) is 0 Å². The van der Waals surface area contributed by atoms with Crippen molar-refractivity contribution in [1.29, 1.82) is 0 Å². The van der Waals surface area contributed by atoms with E-state index in [1.807, 2.05) is 0 Å². The maximum absolute atomic E-state index is 13.7. The lowest BCUT2D eigenvalue weighted by Crippen LogP contribution is -2.20. The summed E-state index contributed by atoms with van der Waals surface area (Å²) in [4.78, 5) is 11.5. The highest BCUT2D eigenvalue weighted by Gasteiger charge is 2.31. The molecular weight excluding hydrogens is 500 g/mol. The zero-order valence-corrected chi connectivity index (χ0v) is 18.6. The Balaban J connectivity index is 1.74. The fourth-order valence-electron chi connectivity index (χ4n) is 2.72. The van der Waals surface area contributed by atoms with E-state index >= 15 is 0 Å². The average Bonchev–Trinajstić information content (AvgIpc) is 2.75. The summed E-state index contributed by atoms with van der Waals surface area (Å²) >= 11 is 5.86. The molecule has 0 aliphatic heterocycles. The lowest BCUT2D eigenvalue weighted by atomic mass is 10.1. The van der Waals surface area contributed by atoms with Gasteiger partial charge in [0.25, 0.3) is 0 Å². The number of halogens is 5. The maximum atomic E-state index is 13.7. The SMILES string of the molecule is O=C(Cc1cccc(Cl)c1)NN=Cc1cc(F)ccc1OS(=O)(=O)c1ccc(C(F)(F)F)cc1. The third-order valence-corrected chi connectivity index (χ3v) is 5.77. The molecule has 1 N–H and O–H groups in total. The molecule has 3 aromatic rings. The molecule has 0 unspecified atom stereocenters. The minimum atomic E-state index is -4.64. The summed E-state index contributed by atoms with van der Waals surface area (Å²) in [6.45, 7) is 0. The zero-order chi connectivity index (χ0) is 24.9. The lowest BCUT2D eigenvalue weighted by Gasteiger charge is -2.11. The Hall–Kier alpha value is -3.44. The Morgan fingerprint density at radius 1 is 1.06 bits per heavy atom. The highest BCUT2D eigenvalue weighted by atomic mass is 35.5. The van der Waals surface area contributed by atoms with Crippen LogP contribution < -0.4 is 9.61 Å². The highest BCUT2D eigenvalue weighted by Crippen LogP contribution is 2.30.